The van der Waals surface area contributed by atoms with Gasteiger partial charge in [-0.3, -0.25) is 9.69 Å². The van der Waals surface area contributed by atoms with E-state index in [0.29, 0.717) is 19.1 Å². The molecule has 2 rings (SSSR count). The Morgan fingerprint density at radius 3 is 2.00 bits per heavy atom. The third-order valence-electron chi connectivity index (χ3n) is 4.06. The molecular weight excluding hydrogens is 226 g/mol. The third kappa shape index (κ3) is 2.05. The molecule has 2 fully saturated rings. The van der Waals surface area contributed by atoms with Gasteiger partial charge in [0.05, 0.1) is 0 Å². The zero-order valence-corrected chi connectivity index (χ0v) is 10.7. The molecule has 2 aliphatic rings. The molecule has 1 aliphatic carbocycles. The highest BCUT2D eigenvalue weighted by Crippen LogP contribution is 2.61. The van der Waals surface area contributed by atoms with Crippen molar-refractivity contribution in [2.45, 2.75) is 39.2 Å². The zero-order valence-electron chi connectivity index (χ0n) is 10.7. The molecule has 0 bridgehead atoms. The van der Waals surface area contributed by atoms with Gasteiger partial charge in [0.15, 0.2) is 0 Å². The lowest BCUT2D eigenvalue weighted by Crippen LogP contribution is -2.52. The van der Waals surface area contributed by atoms with Crippen molar-refractivity contribution >= 4 is 5.91 Å². The predicted octanol–water partition coefficient (Wildman–Crippen LogP) is 1.58. The highest BCUT2D eigenvalue weighted by Gasteiger charge is 2.73. The lowest BCUT2D eigenvalue weighted by Gasteiger charge is -2.38. The van der Waals surface area contributed by atoms with E-state index in [2.05, 4.69) is 18.7 Å². The summed E-state index contributed by atoms with van der Waals surface area (Å²) in [5.74, 6) is -3.16. The first-order chi connectivity index (χ1) is 7.78. The zero-order chi connectivity index (χ0) is 12.8. The van der Waals surface area contributed by atoms with Crippen LogP contribution in [0.2, 0.25) is 0 Å². The number of piperazine rings is 1. The Morgan fingerprint density at radius 1 is 1.18 bits per heavy atom. The molecular formula is C12H20F2N2O. The molecule has 3 nitrogen and oxygen atoms in total. The van der Waals surface area contributed by atoms with E-state index in [1.54, 1.807) is 4.90 Å². The Kier molecular flexibility index (Phi) is 2.92. The van der Waals surface area contributed by atoms with Crippen molar-refractivity contribution in [3.8, 4) is 0 Å². The van der Waals surface area contributed by atoms with Crippen LogP contribution in [0, 0.1) is 5.41 Å². The van der Waals surface area contributed by atoms with Crippen molar-refractivity contribution in [3.05, 3.63) is 0 Å². The van der Waals surface area contributed by atoms with E-state index in [1.807, 2.05) is 0 Å². The Bertz CT molecular complexity index is 324. The first-order valence-corrected chi connectivity index (χ1v) is 6.19. The van der Waals surface area contributed by atoms with Gasteiger partial charge in [-0.1, -0.05) is 0 Å². The van der Waals surface area contributed by atoms with Crippen LogP contribution in [0.15, 0.2) is 0 Å². The van der Waals surface area contributed by atoms with Crippen LogP contribution in [0.1, 0.15) is 27.2 Å². The van der Waals surface area contributed by atoms with Gasteiger partial charge in [0, 0.05) is 38.6 Å². The topological polar surface area (TPSA) is 23.6 Å². The summed E-state index contributed by atoms with van der Waals surface area (Å²) in [6.07, 6.45) is -0.288. The van der Waals surface area contributed by atoms with Gasteiger partial charge in [-0.15, -0.1) is 0 Å². The first kappa shape index (κ1) is 12.7. The number of carbonyl (C=O) groups is 1. The maximum atomic E-state index is 13.1. The number of rotatable bonds is 2. The highest BCUT2D eigenvalue weighted by molar-refractivity contribution is 5.87. The molecule has 1 heterocycles. The molecule has 98 valence electrons. The van der Waals surface area contributed by atoms with Crippen molar-refractivity contribution in [2.24, 2.45) is 5.41 Å². The van der Waals surface area contributed by atoms with E-state index >= 15 is 0 Å². The molecule has 1 saturated heterocycles. The Hall–Kier alpha value is -0.710. The van der Waals surface area contributed by atoms with E-state index in [9.17, 15) is 13.6 Å². The largest absolute Gasteiger partial charge is 0.339 e. The molecule has 0 aromatic heterocycles. The molecule has 0 spiro atoms. The molecule has 0 N–H and O–H groups in total. The minimum atomic E-state index is -2.79. The SMILES string of the molecule is CC(C)N1CCN(C(=O)C2(C)CC2(F)F)CC1. The average Bonchev–Trinajstić information content (AvgIpc) is 2.78. The van der Waals surface area contributed by atoms with Crippen LogP contribution in [0.25, 0.3) is 0 Å². The number of alkyl halides is 2. The van der Waals surface area contributed by atoms with E-state index in [4.69, 9.17) is 0 Å². The van der Waals surface area contributed by atoms with Crippen molar-refractivity contribution in [2.75, 3.05) is 26.2 Å². The fourth-order valence-corrected chi connectivity index (χ4v) is 2.42. The van der Waals surface area contributed by atoms with Crippen LogP contribution < -0.4 is 0 Å². The summed E-state index contributed by atoms with van der Waals surface area (Å²) < 4.78 is 26.3. The van der Waals surface area contributed by atoms with Gasteiger partial charge >= 0.3 is 0 Å². The van der Waals surface area contributed by atoms with Gasteiger partial charge in [-0.05, 0) is 20.8 Å². The molecule has 1 amide bonds. The second-order valence-corrected chi connectivity index (χ2v) is 5.64. The number of nitrogens with zero attached hydrogens (tertiary/aromatic N) is 2. The summed E-state index contributed by atoms with van der Waals surface area (Å²) in [5, 5.41) is 0. The van der Waals surface area contributed by atoms with Crippen LogP contribution in [-0.2, 0) is 4.79 Å². The lowest BCUT2D eigenvalue weighted by molar-refractivity contribution is -0.142. The maximum absolute atomic E-state index is 13.1. The van der Waals surface area contributed by atoms with Crippen molar-refractivity contribution < 1.29 is 13.6 Å². The summed E-state index contributed by atoms with van der Waals surface area (Å²) in [6.45, 7) is 8.30. The Labute approximate surface area is 101 Å². The Balaban J connectivity index is 1.92. The fourth-order valence-electron chi connectivity index (χ4n) is 2.42. The normalized spacial score (nSPS) is 32.9. The van der Waals surface area contributed by atoms with Crippen LogP contribution >= 0.6 is 0 Å². The molecule has 0 radical (unpaired) electrons. The highest BCUT2D eigenvalue weighted by atomic mass is 19.3. The summed E-state index contributed by atoms with van der Waals surface area (Å²) >= 11 is 0. The van der Waals surface area contributed by atoms with Gasteiger partial charge in [0.25, 0.3) is 5.92 Å². The van der Waals surface area contributed by atoms with E-state index in [-0.39, 0.29) is 12.3 Å². The molecule has 1 saturated carbocycles. The third-order valence-corrected chi connectivity index (χ3v) is 4.06. The first-order valence-electron chi connectivity index (χ1n) is 6.19. The predicted molar refractivity (Wildman–Crippen MR) is 61.0 cm³/mol. The van der Waals surface area contributed by atoms with E-state index in [0.717, 1.165) is 13.1 Å². The van der Waals surface area contributed by atoms with Crippen molar-refractivity contribution in [1.82, 2.24) is 9.80 Å². The maximum Gasteiger partial charge on any atom is 0.263 e. The summed E-state index contributed by atoms with van der Waals surface area (Å²) in [7, 11) is 0. The Morgan fingerprint density at radius 2 is 1.65 bits per heavy atom. The second kappa shape index (κ2) is 3.90. The van der Waals surface area contributed by atoms with Crippen molar-refractivity contribution in [1.29, 1.82) is 0 Å². The quantitative estimate of drug-likeness (QED) is 0.738. The molecule has 1 atom stereocenters. The minimum absolute atomic E-state index is 0.288. The van der Waals surface area contributed by atoms with Gasteiger partial charge in [-0.2, -0.15) is 0 Å². The number of hydrogen-bond acceptors (Lipinski definition) is 2. The molecule has 1 aliphatic heterocycles. The number of carbonyl (C=O) groups excluding carboxylic acids is 1. The van der Waals surface area contributed by atoms with Crippen LogP contribution in [-0.4, -0.2) is 53.9 Å². The second-order valence-electron chi connectivity index (χ2n) is 5.64. The lowest BCUT2D eigenvalue weighted by atomic mass is 10.1. The monoisotopic (exact) mass is 246 g/mol. The van der Waals surface area contributed by atoms with Gasteiger partial charge < -0.3 is 4.90 Å². The van der Waals surface area contributed by atoms with Crippen LogP contribution in [0.5, 0.6) is 0 Å². The molecule has 5 heteroatoms. The fraction of sp³-hybridized carbons (Fsp3) is 0.917. The number of hydrogen-bond donors (Lipinski definition) is 0. The summed E-state index contributed by atoms with van der Waals surface area (Å²) in [5.41, 5.74) is -1.42. The summed E-state index contributed by atoms with van der Waals surface area (Å²) in [6, 6.07) is 0.449. The van der Waals surface area contributed by atoms with Crippen LogP contribution in [0.4, 0.5) is 8.78 Å². The number of amides is 1. The van der Waals surface area contributed by atoms with Gasteiger partial charge in [-0.25, -0.2) is 8.78 Å². The minimum Gasteiger partial charge on any atom is -0.339 e. The van der Waals surface area contributed by atoms with E-state index in [1.165, 1.54) is 6.92 Å². The summed E-state index contributed by atoms with van der Waals surface area (Å²) in [4.78, 5) is 15.9. The standard InChI is InChI=1S/C12H20F2N2O/c1-9(2)15-4-6-16(7-5-15)10(17)11(3)8-12(11,13)14/h9H,4-8H2,1-3H3. The van der Waals surface area contributed by atoms with Crippen LogP contribution in [0.3, 0.4) is 0 Å². The van der Waals surface area contributed by atoms with Crippen molar-refractivity contribution in [3.63, 3.8) is 0 Å². The smallest absolute Gasteiger partial charge is 0.263 e. The average molecular weight is 246 g/mol. The molecule has 17 heavy (non-hydrogen) atoms. The van der Waals surface area contributed by atoms with Gasteiger partial charge in [0.1, 0.15) is 5.41 Å². The van der Waals surface area contributed by atoms with Gasteiger partial charge in [0.2, 0.25) is 5.91 Å². The molecule has 0 aromatic carbocycles. The molecule has 1 unspecified atom stereocenters. The van der Waals surface area contributed by atoms with E-state index < -0.39 is 11.3 Å². The number of halogens is 2. The molecule has 0 aromatic rings.